The number of hydrogen-bond acceptors (Lipinski definition) is 7. The van der Waals surface area contributed by atoms with Gasteiger partial charge >= 0.3 is 29.6 Å². The Balaban J connectivity index is 0.00000320. The van der Waals surface area contributed by atoms with Crippen LogP contribution in [0, 0.1) is 13.8 Å². The molecule has 0 aromatic heterocycles. The number of benzene rings is 3. The average molecular weight is 459 g/mol. The topological polar surface area (TPSA) is 154 Å². The number of azo groups is 1. The van der Waals surface area contributed by atoms with E-state index in [0.717, 1.165) is 29.3 Å². The maximum atomic E-state index is 11.7. The van der Waals surface area contributed by atoms with Crippen LogP contribution in [0.1, 0.15) is 11.1 Å². The molecule has 0 atom stereocenters. The minimum Gasteiger partial charge on any atom is -0.504 e. The van der Waals surface area contributed by atoms with Crippen LogP contribution in [-0.4, -0.2) is 31.0 Å². The molecule has 0 radical (unpaired) electrons. The van der Waals surface area contributed by atoms with Crippen LogP contribution in [0.2, 0.25) is 0 Å². The summed E-state index contributed by atoms with van der Waals surface area (Å²) in [6.45, 7) is 3.70. The molecule has 0 amide bonds. The maximum absolute atomic E-state index is 11.7. The molecule has 0 unspecified atom stereocenters. The van der Waals surface area contributed by atoms with Crippen molar-refractivity contribution in [1.82, 2.24) is 0 Å². The Hall–Kier alpha value is -1.86. The Labute approximate surface area is 195 Å². The van der Waals surface area contributed by atoms with Gasteiger partial charge in [-0.25, -0.2) is 0 Å². The molecule has 3 aromatic rings. The van der Waals surface area contributed by atoms with Crippen LogP contribution in [0.3, 0.4) is 0 Å². The van der Waals surface area contributed by atoms with E-state index in [1.54, 1.807) is 19.1 Å². The van der Waals surface area contributed by atoms with Crippen LogP contribution < -0.4 is 29.6 Å². The van der Waals surface area contributed by atoms with Crippen molar-refractivity contribution < 1.29 is 60.6 Å². The number of rotatable bonds is 4. The zero-order chi connectivity index (χ0) is 21.6. The monoisotopic (exact) mass is 459 g/mol. The second-order valence-electron chi connectivity index (χ2n) is 6.39. The molecule has 30 heavy (non-hydrogen) atoms. The van der Waals surface area contributed by atoms with Crippen molar-refractivity contribution in [3.63, 3.8) is 0 Å². The zero-order valence-electron chi connectivity index (χ0n) is 16.2. The van der Waals surface area contributed by atoms with Crippen molar-refractivity contribution in [3.8, 4) is 5.75 Å². The third-order valence-corrected chi connectivity index (χ3v) is 5.92. The van der Waals surface area contributed by atoms with E-state index >= 15 is 0 Å². The van der Waals surface area contributed by atoms with E-state index in [2.05, 4.69) is 10.2 Å². The van der Waals surface area contributed by atoms with E-state index in [9.17, 15) is 31.0 Å². The van der Waals surface area contributed by atoms with Gasteiger partial charge in [0.25, 0.3) is 20.2 Å². The van der Waals surface area contributed by atoms with E-state index in [1.807, 2.05) is 13.0 Å². The molecule has 0 saturated heterocycles. The van der Waals surface area contributed by atoms with E-state index in [1.165, 1.54) is 6.07 Å². The molecule has 12 heteroatoms. The Bertz CT molecular complexity index is 1390. The standard InChI is InChI=1S/C18H16N2O7S2.Na/c1-10-3-6-15(11(2)7-10)19-20-17-14-5-4-13(28(22,23)24)8-12(14)9-16(18(17)21)29(25,26)27;/h3-9,21H,1-2H3,(H,22,23,24)(H,25,26,27);/q;+1. The smallest absolute Gasteiger partial charge is 0.504 e. The fourth-order valence-corrected chi connectivity index (χ4v) is 3.94. The normalized spacial score (nSPS) is 12.3. The zero-order valence-corrected chi connectivity index (χ0v) is 19.9. The number of fused-ring (bicyclic) bond motifs is 1. The van der Waals surface area contributed by atoms with Crippen LogP contribution in [0.4, 0.5) is 11.4 Å². The summed E-state index contributed by atoms with van der Waals surface area (Å²) < 4.78 is 64.7. The van der Waals surface area contributed by atoms with Gasteiger partial charge in [0.05, 0.1) is 10.6 Å². The minimum absolute atomic E-state index is 0. The summed E-state index contributed by atoms with van der Waals surface area (Å²) >= 11 is 0. The Morgan fingerprint density at radius 2 is 1.50 bits per heavy atom. The van der Waals surface area contributed by atoms with Gasteiger partial charge in [-0.1, -0.05) is 23.8 Å². The minimum atomic E-state index is -4.86. The predicted molar refractivity (Wildman–Crippen MR) is 105 cm³/mol. The van der Waals surface area contributed by atoms with Crippen LogP contribution in [-0.2, 0) is 20.2 Å². The maximum Gasteiger partial charge on any atom is 1.00 e. The second kappa shape index (κ2) is 8.71. The second-order valence-corrected chi connectivity index (χ2v) is 9.21. The Morgan fingerprint density at radius 3 is 2.07 bits per heavy atom. The molecule has 0 heterocycles. The van der Waals surface area contributed by atoms with Crippen LogP contribution in [0.5, 0.6) is 5.75 Å². The molecule has 0 saturated carbocycles. The van der Waals surface area contributed by atoms with Crippen molar-refractivity contribution in [3.05, 3.63) is 53.6 Å². The fourth-order valence-electron chi connectivity index (χ4n) is 2.81. The first kappa shape index (κ1) is 24.4. The summed E-state index contributed by atoms with van der Waals surface area (Å²) in [5, 5.41) is 18.5. The molecule has 3 N–H and O–H groups in total. The average Bonchev–Trinajstić information content (AvgIpc) is 2.59. The van der Waals surface area contributed by atoms with Crippen LogP contribution in [0.25, 0.3) is 10.8 Å². The molecular weight excluding hydrogens is 443 g/mol. The molecule has 0 spiro atoms. The molecule has 3 aromatic carbocycles. The third kappa shape index (κ3) is 5.06. The van der Waals surface area contributed by atoms with Crippen molar-refractivity contribution >= 4 is 42.4 Å². The summed E-state index contributed by atoms with van der Waals surface area (Å²) in [6.07, 6.45) is 0. The van der Waals surface area contributed by atoms with Crippen LogP contribution >= 0.6 is 0 Å². The van der Waals surface area contributed by atoms with Gasteiger partial charge in [-0.3, -0.25) is 9.11 Å². The van der Waals surface area contributed by atoms with E-state index in [0.29, 0.717) is 5.69 Å². The molecule has 0 aliphatic heterocycles. The van der Waals surface area contributed by atoms with Crippen LogP contribution in [0.15, 0.2) is 62.5 Å². The summed E-state index contributed by atoms with van der Waals surface area (Å²) in [4.78, 5) is -1.36. The predicted octanol–water partition coefficient (Wildman–Crippen LogP) is 1.08. The van der Waals surface area contributed by atoms with Crippen molar-refractivity contribution in [2.75, 3.05) is 0 Å². The van der Waals surface area contributed by atoms with Crippen molar-refractivity contribution in [1.29, 1.82) is 0 Å². The first-order valence-corrected chi connectivity index (χ1v) is 11.0. The van der Waals surface area contributed by atoms with Crippen molar-refractivity contribution in [2.45, 2.75) is 23.6 Å². The largest absolute Gasteiger partial charge is 1.00 e. The summed E-state index contributed by atoms with van der Waals surface area (Å²) in [5.41, 5.74) is 1.98. The van der Waals surface area contributed by atoms with Gasteiger partial charge in [0.2, 0.25) is 0 Å². The number of nitrogens with zero attached hydrogens (tertiary/aromatic N) is 2. The Kier molecular flexibility index (Phi) is 7.09. The molecule has 152 valence electrons. The number of phenols is 1. The number of aromatic hydroxyl groups is 1. The van der Waals surface area contributed by atoms with Crippen molar-refractivity contribution in [2.24, 2.45) is 10.2 Å². The summed E-state index contributed by atoms with van der Waals surface area (Å²) in [5.74, 6) is -0.840. The van der Waals surface area contributed by atoms with E-state index < -0.39 is 35.8 Å². The molecule has 3 rings (SSSR count). The Morgan fingerprint density at radius 1 is 0.833 bits per heavy atom. The molecule has 0 aliphatic rings. The fraction of sp³-hybridized carbons (Fsp3) is 0.111. The summed E-state index contributed by atoms with van der Waals surface area (Å²) in [6, 6.07) is 9.53. The molecule has 9 nitrogen and oxygen atoms in total. The molecule has 0 aliphatic carbocycles. The number of phenolic OH excluding ortho intramolecular Hbond substituents is 1. The van der Waals surface area contributed by atoms with Gasteiger partial charge in [-0.15, -0.1) is 5.11 Å². The first-order valence-electron chi connectivity index (χ1n) is 8.11. The van der Waals surface area contributed by atoms with E-state index in [-0.39, 0.29) is 46.0 Å². The van der Waals surface area contributed by atoms with Gasteiger partial charge in [0, 0.05) is 5.39 Å². The third-order valence-electron chi connectivity index (χ3n) is 4.21. The van der Waals surface area contributed by atoms with Gasteiger partial charge in [0.1, 0.15) is 10.6 Å². The molecular formula is C18H16N2NaO7S2+. The van der Waals surface area contributed by atoms with Gasteiger partial charge in [0.15, 0.2) is 5.75 Å². The molecule has 0 bridgehead atoms. The number of aryl methyl sites for hydroxylation is 2. The first-order chi connectivity index (χ1) is 13.4. The summed E-state index contributed by atoms with van der Waals surface area (Å²) in [7, 11) is -9.42. The molecule has 0 fully saturated rings. The quantitative estimate of drug-likeness (QED) is 0.300. The number of hydrogen-bond donors (Lipinski definition) is 3. The van der Waals surface area contributed by atoms with Gasteiger partial charge in [-0.2, -0.15) is 21.9 Å². The van der Waals surface area contributed by atoms with E-state index in [4.69, 9.17) is 0 Å². The van der Waals surface area contributed by atoms with Gasteiger partial charge < -0.3 is 5.11 Å². The van der Waals surface area contributed by atoms with Gasteiger partial charge in [-0.05, 0) is 49.1 Å². The SMILES string of the molecule is Cc1ccc(N=Nc2c(O)c(S(=O)(=O)O)cc3cc(S(=O)(=O)O)ccc23)c(C)c1.[Na+].